The molecule has 3 aromatic rings. The second kappa shape index (κ2) is 8.57. The molecule has 8 heteroatoms. The fourth-order valence-electron chi connectivity index (χ4n) is 2.51. The van der Waals surface area contributed by atoms with E-state index in [0.29, 0.717) is 18.2 Å². The number of guanidine groups is 1. The van der Waals surface area contributed by atoms with Gasteiger partial charge in [-0.3, -0.25) is 4.99 Å². The molecule has 0 fully saturated rings. The van der Waals surface area contributed by atoms with Crippen LogP contribution in [0.4, 0.5) is 4.39 Å². The molecule has 0 aliphatic carbocycles. The van der Waals surface area contributed by atoms with E-state index >= 15 is 0 Å². The van der Waals surface area contributed by atoms with Gasteiger partial charge in [-0.2, -0.15) is 0 Å². The van der Waals surface area contributed by atoms with Crippen molar-refractivity contribution in [3.05, 3.63) is 64.4 Å². The zero-order valence-electron chi connectivity index (χ0n) is 14.7. The molecule has 0 atom stereocenters. The van der Waals surface area contributed by atoms with Crippen LogP contribution in [-0.4, -0.2) is 34.1 Å². The zero-order chi connectivity index (χ0) is 18.4. The van der Waals surface area contributed by atoms with Crippen LogP contribution in [0.3, 0.4) is 0 Å². The minimum absolute atomic E-state index is 0.288. The van der Waals surface area contributed by atoms with Crippen molar-refractivity contribution >= 4 is 17.3 Å². The summed E-state index contributed by atoms with van der Waals surface area (Å²) < 4.78 is 15.9. The summed E-state index contributed by atoms with van der Waals surface area (Å²) in [5.74, 6) is 0.389. The fourth-order valence-corrected chi connectivity index (χ4v) is 3.16. The van der Waals surface area contributed by atoms with Gasteiger partial charge in [-0.05, 0) is 24.6 Å². The molecular formula is C18H21FN6S. The van der Waals surface area contributed by atoms with Gasteiger partial charge in [-0.15, -0.1) is 11.3 Å². The summed E-state index contributed by atoms with van der Waals surface area (Å²) in [5, 5.41) is 9.58. The van der Waals surface area contributed by atoms with Gasteiger partial charge >= 0.3 is 0 Å². The third kappa shape index (κ3) is 4.66. The first-order valence-electron chi connectivity index (χ1n) is 8.28. The Kier molecular flexibility index (Phi) is 5.96. The van der Waals surface area contributed by atoms with Crippen LogP contribution in [-0.2, 0) is 13.0 Å². The highest BCUT2D eigenvalue weighted by Crippen LogP contribution is 2.15. The summed E-state index contributed by atoms with van der Waals surface area (Å²) in [6.45, 7) is 3.21. The Morgan fingerprint density at radius 1 is 1.35 bits per heavy atom. The van der Waals surface area contributed by atoms with Gasteiger partial charge in [0.15, 0.2) is 5.96 Å². The zero-order valence-corrected chi connectivity index (χ0v) is 15.6. The Hall–Kier alpha value is -2.74. The van der Waals surface area contributed by atoms with Crippen LogP contribution in [0.25, 0.3) is 5.69 Å². The molecule has 0 bridgehead atoms. The molecule has 0 aliphatic heterocycles. The number of aliphatic imine (C=N–C) groups is 1. The smallest absolute Gasteiger partial charge is 0.191 e. The van der Waals surface area contributed by atoms with Crippen molar-refractivity contribution in [1.29, 1.82) is 0 Å². The molecule has 136 valence electrons. The number of hydrogen-bond acceptors (Lipinski definition) is 4. The molecule has 0 aliphatic rings. The number of halogens is 1. The Morgan fingerprint density at radius 3 is 2.88 bits per heavy atom. The third-order valence-electron chi connectivity index (χ3n) is 3.82. The van der Waals surface area contributed by atoms with Gasteiger partial charge in [0, 0.05) is 44.3 Å². The average Bonchev–Trinajstić information content (AvgIpc) is 3.30. The molecule has 1 aromatic carbocycles. The maximum Gasteiger partial charge on any atom is 0.191 e. The highest BCUT2D eigenvalue weighted by molar-refractivity contribution is 7.09. The summed E-state index contributed by atoms with van der Waals surface area (Å²) in [6, 6.07) is 5.15. The molecule has 2 heterocycles. The number of imidazole rings is 1. The van der Waals surface area contributed by atoms with Crippen molar-refractivity contribution < 1.29 is 4.39 Å². The second-order valence-corrected chi connectivity index (χ2v) is 6.78. The van der Waals surface area contributed by atoms with E-state index in [1.807, 2.05) is 13.0 Å². The summed E-state index contributed by atoms with van der Waals surface area (Å²) in [7, 11) is 1.71. The van der Waals surface area contributed by atoms with E-state index in [1.54, 1.807) is 47.7 Å². The average molecular weight is 372 g/mol. The van der Waals surface area contributed by atoms with Crippen LogP contribution in [0.15, 0.2) is 47.3 Å². The minimum atomic E-state index is -0.288. The summed E-state index contributed by atoms with van der Waals surface area (Å²) in [4.78, 5) is 12.6. The van der Waals surface area contributed by atoms with Gasteiger partial charge in [0.1, 0.15) is 5.82 Å². The van der Waals surface area contributed by atoms with Crippen LogP contribution in [0.5, 0.6) is 0 Å². The normalized spacial score (nSPS) is 11.6. The number of hydrogen-bond donors (Lipinski definition) is 2. The van der Waals surface area contributed by atoms with Crippen molar-refractivity contribution in [1.82, 2.24) is 25.2 Å². The van der Waals surface area contributed by atoms with Gasteiger partial charge in [0.05, 0.1) is 22.7 Å². The fraction of sp³-hybridized carbons (Fsp3) is 0.278. The SMILES string of the molecule is CN=C(NCCc1csc(C)n1)NCc1ccc(-n2ccnc2)c(F)c1. The van der Waals surface area contributed by atoms with Crippen LogP contribution < -0.4 is 10.6 Å². The van der Waals surface area contributed by atoms with E-state index in [2.05, 4.69) is 31.0 Å². The van der Waals surface area contributed by atoms with Crippen LogP contribution >= 0.6 is 11.3 Å². The van der Waals surface area contributed by atoms with Gasteiger partial charge in [-0.1, -0.05) is 6.07 Å². The van der Waals surface area contributed by atoms with Gasteiger partial charge < -0.3 is 15.2 Å². The predicted molar refractivity (Wildman–Crippen MR) is 102 cm³/mol. The lowest BCUT2D eigenvalue weighted by Crippen LogP contribution is -2.37. The maximum atomic E-state index is 14.3. The molecule has 3 rings (SSSR count). The van der Waals surface area contributed by atoms with E-state index in [0.717, 1.165) is 29.2 Å². The predicted octanol–water partition coefficient (Wildman–Crippen LogP) is 2.68. The Bertz CT molecular complexity index is 872. The molecule has 0 saturated carbocycles. The van der Waals surface area contributed by atoms with E-state index < -0.39 is 0 Å². The first-order chi connectivity index (χ1) is 12.7. The lowest BCUT2D eigenvalue weighted by atomic mass is 10.2. The second-order valence-electron chi connectivity index (χ2n) is 5.72. The number of rotatable bonds is 6. The summed E-state index contributed by atoms with van der Waals surface area (Å²) >= 11 is 1.65. The maximum absolute atomic E-state index is 14.3. The quantitative estimate of drug-likeness (QED) is 0.516. The van der Waals surface area contributed by atoms with Gasteiger partial charge in [-0.25, -0.2) is 14.4 Å². The van der Waals surface area contributed by atoms with Crippen molar-refractivity contribution in [2.75, 3.05) is 13.6 Å². The van der Waals surface area contributed by atoms with E-state index in [-0.39, 0.29) is 5.82 Å². The Labute approximate surface area is 155 Å². The summed E-state index contributed by atoms with van der Waals surface area (Å²) in [5.41, 5.74) is 2.39. The highest BCUT2D eigenvalue weighted by atomic mass is 32.1. The molecule has 0 spiro atoms. The molecule has 2 aromatic heterocycles. The first-order valence-corrected chi connectivity index (χ1v) is 9.16. The molecular weight excluding hydrogens is 351 g/mol. The van der Waals surface area contributed by atoms with Crippen molar-refractivity contribution in [3.63, 3.8) is 0 Å². The molecule has 26 heavy (non-hydrogen) atoms. The molecule has 6 nitrogen and oxygen atoms in total. The molecule has 0 radical (unpaired) electrons. The highest BCUT2D eigenvalue weighted by Gasteiger charge is 2.06. The number of benzene rings is 1. The van der Waals surface area contributed by atoms with Crippen LogP contribution in [0.1, 0.15) is 16.3 Å². The molecule has 0 saturated heterocycles. The van der Waals surface area contributed by atoms with Crippen LogP contribution in [0, 0.1) is 12.7 Å². The Balaban J connectivity index is 1.51. The van der Waals surface area contributed by atoms with E-state index in [9.17, 15) is 4.39 Å². The number of aromatic nitrogens is 3. The lowest BCUT2D eigenvalue weighted by Gasteiger charge is -2.12. The van der Waals surface area contributed by atoms with E-state index in [4.69, 9.17) is 0 Å². The third-order valence-corrected chi connectivity index (χ3v) is 4.64. The van der Waals surface area contributed by atoms with Crippen molar-refractivity contribution in [2.45, 2.75) is 19.9 Å². The lowest BCUT2D eigenvalue weighted by molar-refractivity contribution is 0.615. The first kappa shape index (κ1) is 18.1. The van der Waals surface area contributed by atoms with Crippen LogP contribution in [0.2, 0.25) is 0 Å². The van der Waals surface area contributed by atoms with Crippen molar-refractivity contribution in [2.24, 2.45) is 4.99 Å². The molecule has 2 N–H and O–H groups in total. The van der Waals surface area contributed by atoms with E-state index in [1.165, 1.54) is 6.07 Å². The number of thiazole rings is 1. The topological polar surface area (TPSA) is 67.1 Å². The minimum Gasteiger partial charge on any atom is -0.356 e. The standard InChI is InChI=1S/C18H21FN6S/c1-13-24-15(11-26-13)5-6-22-18(20-2)23-10-14-3-4-17(16(19)9-14)25-8-7-21-12-25/h3-4,7-9,11-12H,5-6,10H2,1-2H3,(H2,20,22,23). The molecule has 0 amide bonds. The molecule has 0 unspecified atom stereocenters. The number of nitrogens with zero attached hydrogens (tertiary/aromatic N) is 4. The van der Waals surface area contributed by atoms with Gasteiger partial charge in [0.2, 0.25) is 0 Å². The monoisotopic (exact) mass is 372 g/mol. The Morgan fingerprint density at radius 2 is 2.23 bits per heavy atom. The van der Waals surface area contributed by atoms with Crippen molar-refractivity contribution in [3.8, 4) is 5.69 Å². The summed E-state index contributed by atoms with van der Waals surface area (Å²) in [6.07, 6.45) is 5.74. The number of nitrogens with one attached hydrogen (secondary N) is 2. The number of aryl methyl sites for hydroxylation is 1. The largest absolute Gasteiger partial charge is 0.356 e. The van der Waals surface area contributed by atoms with Gasteiger partial charge in [0.25, 0.3) is 0 Å².